The zero-order valence-corrected chi connectivity index (χ0v) is 12.3. The van der Waals surface area contributed by atoms with E-state index in [0.717, 1.165) is 0 Å². The Labute approximate surface area is 114 Å². The lowest BCUT2D eigenvalue weighted by Gasteiger charge is -2.20. The fourth-order valence-corrected chi connectivity index (χ4v) is 3.26. The van der Waals surface area contributed by atoms with Crippen LogP contribution < -0.4 is 5.32 Å². The van der Waals surface area contributed by atoms with Crippen LogP contribution >= 0.6 is 11.3 Å². The van der Waals surface area contributed by atoms with Gasteiger partial charge in [-0.15, -0.1) is 11.3 Å². The van der Waals surface area contributed by atoms with Crippen LogP contribution in [0.15, 0.2) is 35.7 Å². The highest BCUT2D eigenvalue weighted by Crippen LogP contribution is 2.26. The van der Waals surface area contributed by atoms with Gasteiger partial charge in [-0.1, -0.05) is 29.8 Å². The third kappa shape index (κ3) is 3.01. The third-order valence-electron chi connectivity index (χ3n) is 3.34. The first kappa shape index (κ1) is 13.3. The second kappa shape index (κ2) is 5.68. The maximum Gasteiger partial charge on any atom is 0.0393 e. The summed E-state index contributed by atoms with van der Waals surface area (Å²) < 4.78 is 0. The van der Waals surface area contributed by atoms with E-state index in [1.165, 1.54) is 21.6 Å². The normalized spacial score (nSPS) is 14.4. The fraction of sp³-hybridized carbons (Fsp3) is 0.375. The summed E-state index contributed by atoms with van der Waals surface area (Å²) >= 11 is 1.84. The van der Waals surface area contributed by atoms with E-state index in [9.17, 15) is 0 Å². The van der Waals surface area contributed by atoms with Crippen molar-refractivity contribution in [1.29, 1.82) is 0 Å². The standard InChI is InChI=1S/C16H21NS/c1-11-6-5-7-15(10-11)13(3)17-14(4)16-12(2)8-9-18-16/h5-10,13-14,17H,1-4H3/t13-,14?/m0/s1. The van der Waals surface area contributed by atoms with Crippen LogP contribution in [0.1, 0.15) is 47.5 Å². The van der Waals surface area contributed by atoms with Crippen molar-refractivity contribution in [3.05, 3.63) is 57.3 Å². The monoisotopic (exact) mass is 259 g/mol. The van der Waals surface area contributed by atoms with Crippen molar-refractivity contribution in [3.63, 3.8) is 0 Å². The van der Waals surface area contributed by atoms with Crippen LogP contribution in [0, 0.1) is 13.8 Å². The molecule has 0 saturated carbocycles. The van der Waals surface area contributed by atoms with Gasteiger partial charge in [-0.25, -0.2) is 0 Å². The molecule has 0 aliphatic heterocycles. The number of hydrogen-bond acceptors (Lipinski definition) is 2. The molecule has 2 rings (SSSR count). The molecule has 0 aliphatic rings. The molecule has 0 aliphatic carbocycles. The van der Waals surface area contributed by atoms with Gasteiger partial charge in [-0.05, 0) is 50.3 Å². The summed E-state index contributed by atoms with van der Waals surface area (Å²) in [6, 6.07) is 11.7. The Morgan fingerprint density at radius 3 is 2.44 bits per heavy atom. The van der Waals surface area contributed by atoms with Crippen LogP contribution in [0.5, 0.6) is 0 Å². The first-order valence-corrected chi connectivity index (χ1v) is 7.32. The topological polar surface area (TPSA) is 12.0 Å². The number of thiophene rings is 1. The predicted octanol–water partition coefficient (Wildman–Crippen LogP) is 4.78. The molecular formula is C16H21NS. The highest BCUT2D eigenvalue weighted by atomic mass is 32.1. The van der Waals surface area contributed by atoms with E-state index in [0.29, 0.717) is 12.1 Å². The number of benzene rings is 1. The Kier molecular flexibility index (Phi) is 4.20. The summed E-state index contributed by atoms with van der Waals surface area (Å²) in [5, 5.41) is 5.84. The van der Waals surface area contributed by atoms with Crippen LogP contribution in [0.25, 0.3) is 0 Å². The summed E-state index contributed by atoms with van der Waals surface area (Å²) in [7, 11) is 0. The lowest BCUT2D eigenvalue weighted by Crippen LogP contribution is -2.22. The van der Waals surface area contributed by atoms with Gasteiger partial charge >= 0.3 is 0 Å². The van der Waals surface area contributed by atoms with Crippen LogP contribution in [0.2, 0.25) is 0 Å². The van der Waals surface area contributed by atoms with E-state index >= 15 is 0 Å². The summed E-state index contributed by atoms with van der Waals surface area (Å²) in [4.78, 5) is 1.44. The first-order valence-electron chi connectivity index (χ1n) is 6.44. The molecule has 1 heterocycles. The van der Waals surface area contributed by atoms with Crippen molar-refractivity contribution in [3.8, 4) is 0 Å². The molecule has 1 nitrogen and oxygen atoms in total. The van der Waals surface area contributed by atoms with Gasteiger partial charge in [0.1, 0.15) is 0 Å². The minimum Gasteiger partial charge on any atom is -0.303 e. The van der Waals surface area contributed by atoms with Gasteiger partial charge < -0.3 is 5.32 Å². The first-order chi connectivity index (χ1) is 8.58. The predicted molar refractivity (Wildman–Crippen MR) is 80.2 cm³/mol. The average molecular weight is 259 g/mol. The quantitative estimate of drug-likeness (QED) is 0.833. The van der Waals surface area contributed by atoms with Gasteiger partial charge in [0, 0.05) is 17.0 Å². The minimum atomic E-state index is 0.376. The van der Waals surface area contributed by atoms with Crippen LogP contribution in [0.4, 0.5) is 0 Å². The van der Waals surface area contributed by atoms with Crippen molar-refractivity contribution in [2.75, 3.05) is 0 Å². The van der Waals surface area contributed by atoms with Crippen molar-refractivity contribution < 1.29 is 0 Å². The third-order valence-corrected chi connectivity index (χ3v) is 4.54. The highest BCUT2D eigenvalue weighted by Gasteiger charge is 2.13. The molecule has 0 spiro atoms. The molecule has 1 aromatic heterocycles. The number of nitrogens with one attached hydrogen (secondary N) is 1. The molecule has 0 saturated heterocycles. The lowest BCUT2D eigenvalue weighted by atomic mass is 10.0. The lowest BCUT2D eigenvalue weighted by molar-refractivity contribution is 0.498. The minimum absolute atomic E-state index is 0.376. The van der Waals surface area contributed by atoms with E-state index in [1.807, 2.05) is 11.3 Å². The van der Waals surface area contributed by atoms with Gasteiger partial charge in [0.15, 0.2) is 0 Å². The maximum absolute atomic E-state index is 3.68. The molecule has 96 valence electrons. The maximum atomic E-state index is 3.68. The highest BCUT2D eigenvalue weighted by molar-refractivity contribution is 7.10. The number of rotatable bonds is 4. The molecular weight excluding hydrogens is 238 g/mol. The SMILES string of the molecule is Cc1cccc([C@H](C)NC(C)c2sccc2C)c1. The van der Waals surface area contributed by atoms with Gasteiger partial charge in [-0.2, -0.15) is 0 Å². The summed E-state index contributed by atoms with van der Waals surface area (Å²) in [6.07, 6.45) is 0. The molecule has 0 amide bonds. The Bertz CT molecular complexity index is 515. The van der Waals surface area contributed by atoms with Crippen molar-refractivity contribution >= 4 is 11.3 Å². The van der Waals surface area contributed by atoms with E-state index in [-0.39, 0.29) is 0 Å². The molecule has 2 aromatic rings. The van der Waals surface area contributed by atoms with Crippen LogP contribution in [-0.2, 0) is 0 Å². The summed E-state index contributed by atoms with van der Waals surface area (Å²) in [5.74, 6) is 0. The van der Waals surface area contributed by atoms with E-state index in [2.05, 4.69) is 68.7 Å². The molecule has 18 heavy (non-hydrogen) atoms. The molecule has 0 bridgehead atoms. The second-order valence-electron chi connectivity index (χ2n) is 4.99. The van der Waals surface area contributed by atoms with Gasteiger partial charge in [0.25, 0.3) is 0 Å². The number of hydrogen-bond donors (Lipinski definition) is 1. The molecule has 1 aromatic carbocycles. The average Bonchev–Trinajstić information content (AvgIpc) is 2.75. The largest absolute Gasteiger partial charge is 0.303 e. The molecule has 2 atom stereocenters. The Hall–Kier alpha value is -1.12. The van der Waals surface area contributed by atoms with E-state index in [4.69, 9.17) is 0 Å². The van der Waals surface area contributed by atoms with Gasteiger partial charge in [-0.3, -0.25) is 0 Å². The van der Waals surface area contributed by atoms with Gasteiger partial charge in [0.05, 0.1) is 0 Å². The number of aryl methyl sites for hydroxylation is 2. The van der Waals surface area contributed by atoms with Gasteiger partial charge in [0.2, 0.25) is 0 Å². The molecule has 0 fully saturated rings. The van der Waals surface area contributed by atoms with Crippen molar-refractivity contribution in [1.82, 2.24) is 5.32 Å². The zero-order chi connectivity index (χ0) is 13.1. The Balaban J connectivity index is 2.08. The zero-order valence-electron chi connectivity index (χ0n) is 11.5. The molecule has 1 unspecified atom stereocenters. The smallest absolute Gasteiger partial charge is 0.0393 e. The molecule has 2 heteroatoms. The Morgan fingerprint density at radius 1 is 1.06 bits per heavy atom. The van der Waals surface area contributed by atoms with E-state index < -0.39 is 0 Å². The van der Waals surface area contributed by atoms with E-state index in [1.54, 1.807) is 0 Å². The van der Waals surface area contributed by atoms with Crippen LogP contribution in [0.3, 0.4) is 0 Å². The second-order valence-corrected chi connectivity index (χ2v) is 5.94. The van der Waals surface area contributed by atoms with Crippen molar-refractivity contribution in [2.45, 2.75) is 39.8 Å². The van der Waals surface area contributed by atoms with Crippen molar-refractivity contribution in [2.24, 2.45) is 0 Å². The summed E-state index contributed by atoms with van der Waals surface area (Å²) in [6.45, 7) is 8.80. The molecule has 0 radical (unpaired) electrons. The van der Waals surface area contributed by atoms with Crippen LogP contribution in [-0.4, -0.2) is 0 Å². The summed E-state index contributed by atoms with van der Waals surface area (Å²) in [5.41, 5.74) is 4.06. The molecule has 1 N–H and O–H groups in total. The Morgan fingerprint density at radius 2 is 1.83 bits per heavy atom. The fourth-order valence-electron chi connectivity index (χ4n) is 2.31.